The highest BCUT2D eigenvalue weighted by Crippen LogP contribution is 2.18. The van der Waals surface area contributed by atoms with Gasteiger partial charge >= 0.3 is 0 Å². The summed E-state index contributed by atoms with van der Waals surface area (Å²) in [6, 6.07) is 5.77. The third kappa shape index (κ3) is 5.51. The van der Waals surface area contributed by atoms with E-state index in [1.165, 1.54) is 0 Å². The van der Waals surface area contributed by atoms with E-state index >= 15 is 0 Å². The monoisotopic (exact) mass is 313 g/mol. The molecule has 0 radical (unpaired) electrons. The van der Waals surface area contributed by atoms with Gasteiger partial charge < -0.3 is 11.5 Å². The predicted octanol–water partition coefficient (Wildman–Crippen LogP) is 1.97. The van der Waals surface area contributed by atoms with Crippen LogP contribution in [0.15, 0.2) is 22.7 Å². The standard InChI is InChI=1S/C13H20BrN3O/c1-9(2)6-17(8-13(16)18)7-10-3-11(14)5-12(15)4-10/h3-5,9H,6-8,15H2,1-2H3,(H2,16,18). The molecular formula is C13H20BrN3O. The van der Waals surface area contributed by atoms with E-state index in [1.54, 1.807) is 0 Å². The molecule has 0 aliphatic rings. The fourth-order valence-electron chi connectivity index (χ4n) is 1.95. The summed E-state index contributed by atoms with van der Waals surface area (Å²) < 4.78 is 0.945. The number of hydrogen-bond acceptors (Lipinski definition) is 3. The van der Waals surface area contributed by atoms with Gasteiger partial charge in [-0.3, -0.25) is 9.69 Å². The van der Waals surface area contributed by atoms with Crippen LogP contribution in [0.1, 0.15) is 19.4 Å². The average molecular weight is 314 g/mol. The summed E-state index contributed by atoms with van der Waals surface area (Å²) >= 11 is 3.41. The van der Waals surface area contributed by atoms with Crippen LogP contribution < -0.4 is 11.5 Å². The number of benzene rings is 1. The van der Waals surface area contributed by atoms with Gasteiger partial charge in [-0.25, -0.2) is 0 Å². The van der Waals surface area contributed by atoms with Gasteiger partial charge in [0.2, 0.25) is 5.91 Å². The molecule has 0 spiro atoms. The van der Waals surface area contributed by atoms with E-state index in [0.717, 1.165) is 16.6 Å². The third-order valence-electron chi connectivity index (χ3n) is 2.39. The van der Waals surface area contributed by atoms with Gasteiger partial charge in [0, 0.05) is 23.2 Å². The van der Waals surface area contributed by atoms with E-state index in [2.05, 4.69) is 29.8 Å². The Morgan fingerprint density at radius 3 is 2.56 bits per heavy atom. The predicted molar refractivity (Wildman–Crippen MR) is 77.9 cm³/mol. The van der Waals surface area contributed by atoms with Gasteiger partial charge in [-0.05, 0) is 29.7 Å². The van der Waals surface area contributed by atoms with Crippen LogP contribution in [0.4, 0.5) is 5.69 Å². The van der Waals surface area contributed by atoms with Gasteiger partial charge in [-0.15, -0.1) is 0 Å². The van der Waals surface area contributed by atoms with Crippen LogP contribution in [0.25, 0.3) is 0 Å². The van der Waals surface area contributed by atoms with Gasteiger partial charge in [0.1, 0.15) is 0 Å². The quantitative estimate of drug-likeness (QED) is 0.789. The maximum absolute atomic E-state index is 11.1. The minimum atomic E-state index is -0.307. The first kappa shape index (κ1) is 15.0. The van der Waals surface area contributed by atoms with Crippen LogP contribution in [0, 0.1) is 5.92 Å². The number of carbonyl (C=O) groups is 1. The van der Waals surface area contributed by atoms with Gasteiger partial charge in [0.25, 0.3) is 0 Å². The fraction of sp³-hybridized carbons (Fsp3) is 0.462. The molecule has 0 fully saturated rings. The molecule has 4 N–H and O–H groups in total. The molecule has 0 saturated heterocycles. The Kier molecular flexibility index (Phi) is 5.62. The summed E-state index contributed by atoms with van der Waals surface area (Å²) in [6.45, 7) is 6.00. The second-order valence-electron chi connectivity index (χ2n) is 4.92. The van der Waals surface area contributed by atoms with Crippen LogP contribution in [-0.2, 0) is 11.3 Å². The molecule has 1 aromatic rings. The zero-order valence-electron chi connectivity index (χ0n) is 10.8. The molecule has 1 rings (SSSR count). The van der Waals surface area contributed by atoms with Gasteiger partial charge in [0.05, 0.1) is 6.54 Å². The highest BCUT2D eigenvalue weighted by Gasteiger charge is 2.11. The van der Waals surface area contributed by atoms with Crippen molar-refractivity contribution in [3.63, 3.8) is 0 Å². The number of carbonyl (C=O) groups excluding carboxylic acids is 1. The lowest BCUT2D eigenvalue weighted by Crippen LogP contribution is -2.35. The minimum Gasteiger partial charge on any atom is -0.399 e. The third-order valence-corrected chi connectivity index (χ3v) is 2.85. The molecule has 1 amide bonds. The number of amides is 1. The lowest BCUT2D eigenvalue weighted by Gasteiger charge is -2.23. The van der Waals surface area contributed by atoms with Gasteiger partial charge in [-0.1, -0.05) is 29.8 Å². The largest absolute Gasteiger partial charge is 0.399 e. The summed E-state index contributed by atoms with van der Waals surface area (Å²) in [5.74, 6) is 0.174. The van der Waals surface area contributed by atoms with Gasteiger partial charge in [-0.2, -0.15) is 0 Å². The number of rotatable bonds is 6. The Morgan fingerprint density at radius 1 is 1.39 bits per heavy atom. The molecule has 0 unspecified atom stereocenters. The number of primary amides is 1. The Balaban J connectivity index is 2.77. The van der Waals surface area contributed by atoms with Gasteiger partial charge in [0.15, 0.2) is 0 Å². The highest BCUT2D eigenvalue weighted by molar-refractivity contribution is 9.10. The molecule has 0 bridgehead atoms. The van der Waals surface area contributed by atoms with Crippen molar-refractivity contribution < 1.29 is 4.79 Å². The number of nitrogen functional groups attached to an aromatic ring is 1. The van der Waals surface area contributed by atoms with E-state index in [4.69, 9.17) is 11.5 Å². The fourth-order valence-corrected chi connectivity index (χ4v) is 2.51. The summed E-state index contributed by atoms with van der Waals surface area (Å²) in [7, 11) is 0. The van der Waals surface area contributed by atoms with E-state index in [1.807, 2.05) is 23.1 Å². The summed E-state index contributed by atoms with van der Waals surface area (Å²) in [6.07, 6.45) is 0. The van der Waals surface area contributed by atoms with Crippen molar-refractivity contribution >= 4 is 27.5 Å². The Labute approximate surface area is 116 Å². The molecule has 0 aromatic heterocycles. The Morgan fingerprint density at radius 2 is 2.06 bits per heavy atom. The van der Waals surface area contributed by atoms with Crippen molar-refractivity contribution in [2.45, 2.75) is 20.4 Å². The summed E-state index contributed by atoms with van der Waals surface area (Å²) in [5.41, 5.74) is 12.8. The smallest absolute Gasteiger partial charge is 0.231 e. The zero-order valence-corrected chi connectivity index (χ0v) is 12.4. The highest BCUT2D eigenvalue weighted by atomic mass is 79.9. The molecule has 0 heterocycles. The van der Waals surface area contributed by atoms with Crippen molar-refractivity contribution in [3.8, 4) is 0 Å². The van der Waals surface area contributed by atoms with E-state index in [0.29, 0.717) is 18.2 Å². The first-order chi connectivity index (χ1) is 8.36. The first-order valence-corrected chi connectivity index (χ1v) is 6.71. The number of hydrogen-bond donors (Lipinski definition) is 2. The van der Waals surface area contributed by atoms with Crippen molar-refractivity contribution in [1.82, 2.24) is 4.90 Å². The zero-order chi connectivity index (χ0) is 13.7. The van der Waals surface area contributed by atoms with Crippen molar-refractivity contribution in [2.24, 2.45) is 11.7 Å². The molecule has 18 heavy (non-hydrogen) atoms. The Bertz CT molecular complexity index is 400. The molecule has 100 valence electrons. The van der Waals surface area contributed by atoms with Crippen molar-refractivity contribution in [1.29, 1.82) is 0 Å². The average Bonchev–Trinajstić information content (AvgIpc) is 2.12. The molecule has 0 atom stereocenters. The first-order valence-electron chi connectivity index (χ1n) is 5.92. The minimum absolute atomic E-state index is 0.268. The molecule has 5 heteroatoms. The van der Waals surface area contributed by atoms with Crippen LogP contribution in [0.3, 0.4) is 0 Å². The molecule has 0 saturated carbocycles. The lowest BCUT2D eigenvalue weighted by atomic mass is 10.1. The Hall–Kier alpha value is -1.07. The van der Waals surface area contributed by atoms with E-state index in [-0.39, 0.29) is 12.5 Å². The van der Waals surface area contributed by atoms with Crippen molar-refractivity contribution in [2.75, 3.05) is 18.8 Å². The number of anilines is 1. The number of nitrogens with zero attached hydrogens (tertiary/aromatic N) is 1. The second-order valence-corrected chi connectivity index (χ2v) is 5.84. The van der Waals surface area contributed by atoms with Crippen LogP contribution in [0.2, 0.25) is 0 Å². The molecule has 4 nitrogen and oxygen atoms in total. The maximum atomic E-state index is 11.1. The lowest BCUT2D eigenvalue weighted by molar-refractivity contribution is -0.119. The molecule has 0 aliphatic carbocycles. The SMILES string of the molecule is CC(C)CN(CC(N)=O)Cc1cc(N)cc(Br)c1. The van der Waals surface area contributed by atoms with Crippen LogP contribution in [0.5, 0.6) is 0 Å². The summed E-state index contributed by atoms with van der Waals surface area (Å²) in [5, 5.41) is 0. The number of nitrogens with two attached hydrogens (primary N) is 2. The van der Waals surface area contributed by atoms with E-state index in [9.17, 15) is 4.79 Å². The maximum Gasteiger partial charge on any atom is 0.231 e. The van der Waals surface area contributed by atoms with Crippen molar-refractivity contribution in [3.05, 3.63) is 28.2 Å². The molecule has 1 aromatic carbocycles. The molecule has 0 aliphatic heterocycles. The second kappa shape index (κ2) is 6.75. The topological polar surface area (TPSA) is 72.3 Å². The normalized spacial score (nSPS) is 11.2. The van der Waals surface area contributed by atoms with Crippen LogP contribution in [-0.4, -0.2) is 23.9 Å². The summed E-state index contributed by atoms with van der Waals surface area (Å²) in [4.78, 5) is 13.1. The van der Waals surface area contributed by atoms with E-state index < -0.39 is 0 Å². The van der Waals surface area contributed by atoms with Crippen LogP contribution >= 0.6 is 15.9 Å². The molecular weight excluding hydrogens is 294 g/mol. The number of halogens is 1.